The van der Waals surface area contributed by atoms with Crippen molar-refractivity contribution >= 4 is 29.5 Å². The molecule has 36 heavy (non-hydrogen) atoms. The van der Waals surface area contributed by atoms with Gasteiger partial charge in [-0.25, -0.2) is 0 Å². The third-order valence-electron chi connectivity index (χ3n) is 7.79. The fraction of sp³-hybridized carbons (Fsp3) is 0.536. The molecule has 7 nitrogen and oxygen atoms in total. The second kappa shape index (κ2) is 9.38. The van der Waals surface area contributed by atoms with Gasteiger partial charge in [-0.05, 0) is 39.2 Å². The van der Waals surface area contributed by atoms with E-state index in [9.17, 15) is 19.5 Å². The van der Waals surface area contributed by atoms with Crippen LogP contribution in [0.5, 0.6) is 0 Å². The Balaban J connectivity index is 1.64. The Bertz CT molecular complexity index is 1100. The molecule has 8 heteroatoms. The number of nitrogens with zero attached hydrogens (tertiary/aromatic N) is 2. The van der Waals surface area contributed by atoms with Gasteiger partial charge in [0.2, 0.25) is 11.8 Å². The van der Waals surface area contributed by atoms with Crippen molar-refractivity contribution in [3.8, 4) is 0 Å². The lowest BCUT2D eigenvalue weighted by molar-refractivity contribution is -0.154. The van der Waals surface area contributed by atoms with E-state index >= 15 is 0 Å². The van der Waals surface area contributed by atoms with E-state index in [2.05, 4.69) is 0 Å². The molecule has 0 aliphatic carbocycles. The first kappa shape index (κ1) is 25.1. The zero-order valence-electron chi connectivity index (χ0n) is 21.0. The van der Waals surface area contributed by atoms with Crippen molar-refractivity contribution < 1.29 is 24.2 Å². The Kier molecular flexibility index (Phi) is 6.53. The molecular weight excluding hydrogens is 476 g/mol. The minimum atomic E-state index is -0.915. The van der Waals surface area contributed by atoms with Crippen LogP contribution in [0, 0.1) is 11.8 Å². The molecule has 1 N–H and O–H groups in total. The number of fused-ring (bicyclic) bond motifs is 2. The second-order valence-electron chi connectivity index (χ2n) is 11.0. The molecular formula is C28H34N2O5S. The van der Waals surface area contributed by atoms with Crippen LogP contribution < -0.4 is 0 Å². The van der Waals surface area contributed by atoms with Gasteiger partial charge in [-0.1, -0.05) is 54.6 Å². The van der Waals surface area contributed by atoms with Crippen LogP contribution in [0.1, 0.15) is 32.8 Å². The summed E-state index contributed by atoms with van der Waals surface area (Å²) in [5.74, 6) is -2.20. The number of thioether (sulfide) groups is 1. The maximum absolute atomic E-state index is 14.3. The molecule has 1 unspecified atom stereocenters. The van der Waals surface area contributed by atoms with Gasteiger partial charge in [0.05, 0.1) is 35.8 Å². The first-order valence-electron chi connectivity index (χ1n) is 12.7. The minimum Gasteiger partial charge on any atom is -0.465 e. The molecule has 4 aliphatic rings. The van der Waals surface area contributed by atoms with Crippen LogP contribution in [-0.2, 0) is 25.5 Å². The van der Waals surface area contributed by atoms with Crippen molar-refractivity contribution in [2.45, 2.75) is 61.2 Å². The van der Waals surface area contributed by atoms with Crippen molar-refractivity contribution in [3.63, 3.8) is 0 Å². The fourth-order valence-electron chi connectivity index (χ4n) is 6.18. The molecule has 1 aromatic rings. The number of hydrogen-bond acceptors (Lipinski definition) is 6. The fourth-order valence-corrected chi connectivity index (χ4v) is 8.17. The summed E-state index contributed by atoms with van der Waals surface area (Å²) in [4.78, 5) is 45.3. The number of carbonyl (C=O) groups excluding carboxylic acids is 3. The lowest BCUT2D eigenvalue weighted by Crippen LogP contribution is -2.59. The molecule has 2 fully saturated rings. The third-order valence-corrected chi connectivity index (χ3v) is 9.53. The average molecular weight is 511 g/mol. The summed E-state index contributed by atoms with van der Waals surface area (Å²) >= 11 is 1.53. The Morgan fingerprint density at radius 2 is 1.89 bits per heavy atom. The molecule has 2 saturated heterocycles. The lowest BCUT2D eigenvalue weighted by Gasteiger charge is -2.42. The maximum atomic E-state index is 14.3. The van der Waals surface area contributed by atoms with E-state index in [1.165, 1.54) is 11.8 Å². The van der Waals surface area contributed by atoms with E-state index in [0.717, 1.165) is 5.56 Å². The number of amides is 2. The topological polar surface area (TPSA) is 87.2 Å². The van der Waals surface area contributed by atoms with Gasteiger partial charge in [0.25, 0.3) is 0 Å². The number of aliphatic hydroxyl groups is 1. The van der Waals surface area contributed by atoms with Crippen LogP contribution in [0.15, 0.2) is 54.6 Å². The molecule has 4 heterocycles. The molecule has 2 amide bonds. The van der Waals surface area contributed by atoms with Gasteiger partial charge in [-0.2, -0.15) is 0 Å². The normalized spacial score (nSPS) is 32.8. The summed E-state index contributed by atoms with van der Waals surface area (Å²) in [6.07, 6.45) is 9.03. The molecule has 0 bridgehead atoms. The monoisotopic (exact) mass is 510 g/mol. The number of likely N-dealkylation sites (tertiary alicyclic amines) is 1. The van der Waals surface area contributed by atoms with Gasteiger partial charge in [0, 0.05) is 17.3 Å². The maximum Gasteiger partial charge on any atom is 0.311 e. The van der Waals surface area contributed by atoms with Crippen molar-refractivity contribution in [1.29, 1.82) is 0 Å². The van der Waals surface area contributed by atoms with Crippen molar-refractivity contribution in [1.82, 2.24) is 9.80 Å². The Morgan fingerprint density at radius 1 is 1.14 bits per heavy atom. The molecule has 1 spiro atoms. The lowest BCUT2D eigenvalue weighted by atomic mass is 9.78. The number of rotatable bonds is 4. The largest absolute Gasteiger partial charge is 0.465 e. The van der Waals surface area contributed by atoms with Gasteiger partial charge >= 0.3 is 5.97 Å². The van der Waals surface area contributed by atoms with Crippen LogP contribution in [0.4, 0.5) is 0 Å². The summed E-state index contributed by atoms with van der Waals surface area (Å²) in [5.41, 5.74) is 0.510. The summed E-state index contributed by atoms with van der Waals surface area (Å²) in [6, 6.07) is 8.25. The van der Waals surface area contributed by atoms with Crippen LogP contribution in [-0.4, -0.2) is 80.1 Å². The zero-order chi connectivity index (χ0) is 25.7. The van der Waals surface area contributed by atoms with Gasteiger partial charge in [0.15, 0.2) is 0 Å². The van der Waals surface area contributed by atoms with Crippen molar-refractivity contribution in [3.05, 3.63) is 60.2 Å². The minimum absolute atomic E-state index is 0.144. The first-order valence-corrected chi connectivity index (χ1v) is 13.5. The molecule has 0 aromatic heterocycles. The predicted octanol–water partition coefficient (Wildman–Crippen LogP) is 2.59. The average Bonchev–Trinajstić information content (AvgIpc) is 3.21. The van der Waals surface area contributed by atoms with E-state index < -0.39 is 34.2 Å². The number of hydrogen-bond donors (Lipinski definition) is 1. The molecule has 192 valence electrons. The van der Waals surface area contributed by atoms with Crippen LogP contribution >= 0.6 is 11.8 Å². The molecule has 5 rings (SSSR count). The molecule has 0 radical (unpaired) electrons. The van der Waals surface area contributed by atoms with Gasteiger partial charge in [0.1, 0.15) is 6.04 Å². The van der Waals surface area contributed by atoms with Crippen molar-refractivity contribution in [2.75, 3.05) is 19.8 Å². The Hall–Kier alpha value is -2.58. The highest BCUT2D eigenvalue weighted by atomic mass is 32.2. The SMILES string of the molecule is CC(C)(C)N1CC=C[C@]23S[C@@H]4C=CCCOC(=O)[C@@H]4[C@H]2C(=O)N([C@@H](CO)Cc2ccccc2)C3C1=O. The number of carbonyl (C=O) groups is 3. The van der Waals surface area contributed by atoms with E-state index in [4.69, 9.17) is 4.74 Å². The van der Waals surface area contributed by atoms with Crippen LogP contribution in [0.25, 0.3) is 0 Å². The van der Waals surface area contributed by atoms with Gasteiger partial charge < -0.3 is 19.6 Å². The number of ether oxygens (including phenoxy) is 1. The standard InChI is InChI=1S/C28H34N2O5S/c1-27(2,3)29-14-9-13-28-22(21-20(36-28)12-7-8-15-35-26(21)34)24(32)30(23(28)25(29)33)19(17-31)16-18-10-5-4-6-11-18/h4-7,9-13,19-23,31H,8,14-17H2,1-3H3/t19-,20-,21+,22+,23?,28+/m1/s1. The van der Waals surface area contributed by atoms with Crippen molar-refractivity contribution in [2.24, 2.45) is 11.8 Å². The van der Waals surface area contributed by atoms with Crippen LogP contribution in [0.3, 0.4) is 0 Å². The molecule has 6 atom stereocenters. The molecule has 0 saturated carbocycles. The van der Waals surface area contributed by atoms with E-state index in [-0.39, 0.29) is 36.2 Å². The van der Waals surface area contributed by atoms with E-state index in [0.29, 0.717) is 19.4 Å². The highest BCUT2D eigenvalue weighted by Crippen LogP contribution is 2.61. The highest BCUT2D eigenvalue weighted by Gasteiger charge is 2.72. The summed E-state index contributed by atoms with van der Waals surface area (Å²) in [7, 11) is 0. The van der Waals surface area contributed by atoms with E-state index in [1.54, 1.807) is 9.80 Å². The van der Waals surface area contributed by atoms with E-state index in [1.807, 2.05) is 75.4 Å². The van der Waals surface area contributed by atoms with Crippen LogP contribution in [0.2, 0.25) is 0 Å². The first-order chi connectivity index (χ1) is 17.2. The number of aliphatic hydroxyl groups excluding tert-OH is 1. The third kappa shape index (κ3) is 3.98. The molecule has 4 aliphatic heterocycles. The predicted molar refractivity (Wildman–Crippen MR) is 138 cm³/mol. The van der Waals surface area contributed by atoms with Gasteiger partial charge in [-0.3, -0.25) is 14.4 Å². The second-order valence-corrected chi connectivity index (χ2v) is 12.5. The number of esters is 1. The zero-order valence-corrected chi connectivity index (χ0v) is 21.8. The highest BCUT2D eigenvalue weighted by molar-refractivity contribution is 8.02. The smallest absolute Gasteiger partial charge is 0.311 e. The number of cyclic esters (lactones) is 1. The quantitative estimate of drug-likeness (QED) is 0.495. The summed E-state index contributed by atoms with van der Waals surface area (Å²) in [6.45, 7) is 6.38. The Morgan fingerprint density at radius 3 is 2.58 bits per heavy atom. The molecule has 1 aromatic carbocycles. The summed E-state index contributed by atoms with van der Waals surface area (Å²) < 4.78 is 4.62. The Labute approximate surface area is 216 Å². The van der Waals surface area contributed by atoms with Gasteiger partial charge in [-0.15, -0.1) is 11.8 Å². The summed E-state index contributed by atoms with van der Waals surface area (Å²) in [5, 5.41) is 10.3. The number of benzene rings is 1.